The molecule has 0 amide bonds. The zero-order valence-corrected chi connectivity index (χ0v) is 8.58. The molecule has 0 aliphatic rings. The molecule has 0 saturated heterocycles. The fourth-order valence-corrected chi connectivity index (χ4v) is 1.71. The van der Waals surface area contributed by atoms with Gasteiger partial charge in [0.2, 0.25) is 0 Å². The highest BCUT2D eigenvalue weighted by atomic mass is 19.2. The Hall–Kier alpha value is -2.17. The van der Waals surface area contributed by atoms with Crippen molar-refractivity contribution in [2.75, 3.05) is 0 Å². The minimum absolute atomic E-state index is 0.237. The molecule has 0 spiro atoms. The summed E-state index contributed by atoms with van der Waals surface area (Å²) in [5, 5.41) is 18.2. The summed E-state index contributed by atoms with van der Waals surface area (Å²) in [5.74, 6) is -3.72. The van der Waals surface area contributed by atoms with Crippen LogP contribution in [0.3, 0.4) is 0 Å². The topological polar surface area (TPSA) is 57.5 Å². The molecule has 0 heterocycles. The molecule has 0 saturated carbocycles. The SMILES string of the molecule is O=C(O)Cc1cc(O)c2c(F)c(F)ccc2c1. The maximum Gasteiger partial charge on any atom is 0.307 e. The number of benzene rings is 2. The van der Waals surface area contributed by atoms with Crippen LogP contribution in [0.5, 0.6) is 5.75 Å². The molecule has 0 atom stereocenters. The predicted molar refractivity (Wildman–Crippen MR) is 56.9 cm³/mol. The van der Waals surface area contributed by atoms with Crippen LogP contribution in [-0.4, -0.2) is 16.2 Å². The maximum atomic E-state index is 13.4. The van der Waals surface area contributed by atoms with E-state index in [9.17, 15) is 18.7 Å². The van der Waals surface area contributed by atoms with Crippen molar-refractivity contribution in [3.8, 4) is 5.75 Å². The highest BCUT2D eigenvalue weighted by molar-refractivity contribution is 5.90. The van der Waals surface area contributed by atoms with Crippen molar-refractivity contribution >= 4 is 16.7 Å². The van der Waals surface area contributed by atoms with E-state index in [0.717, 1.165) is 12.1 Å². The molecule has 0 fully saturated rings. The highest BCUT2D eigenvalue weighted by Crippen LogP contribution is 2.30. The number of carboxylic acids is 1. The number of rotatable bonds is 2. The minimum atomic E-state index is -1.14. The first-order valence-corrected chi connectivity index (χ1v) is 4.80. The Bertz CT molecular complexity index is 608. The van der Waals surface area contributed by atoms with Gasteiger partial charge in [-0.25, -0.2) is 8.78 Å². The molecule has 2 aromatic carbocycles. The lowest BCUT2D eigenvalue weighted by Gasteiger charge is -2.06. The molecule has 2 N–H and O–H groups in total. The lowest BCUT2D eigenvalue weighted by molar-refractivity contribution is -0.136. The summed E-state index contributed by atoms with van der Waals surface area (Å²) in [4.78, 5) is 10.5. The molecule has 88 valence electrons. The van der Waals surface area contributed by atoms with Gasteiger partial charge in [-0.1, -0.05) is 12.1 Å². The highest BCUT2D eigenvalue weighted by Gasteiger charge is 2.13. The van der Waals surface area contributed by atoms with Crippen LogP contribution in [-0.2, 0) is 11.2 Å². The number of halogens is 2. The first kappa shape index (κ1) is 11.3. The molecule has 0 aliphatic heterocycles. The molecule has 0 radical (unpaired) electrons. The standard InChI is InChI=1S/C12H8F2O3/c13-8-2-1-7-3-6(5-10(16)17)4-9(15)11(7)12(8)14/h1-4,15H,5H2,(H,16,17). The van der Waals surface area contributed by atoms with Crippen molar-refractivity contribution < 1.29 is 23.8 Å². The number of aromatic hydroxyl groups is 1. The summed E-state index contributed by atoms with van der Waals surface area (Å²) in [5.41, 5.74) is 0.327. The number of carbonyl (C=O) groups is 1. The molecule has 0 bridgehead atoms. The number of phenolic OH excluding ortho intramolecular Hbond substituents is 1. The maximum absolute atomic E-state index is 13.4. The molecule has 5 heteroatoms. The molecular weight excluding hydrogens is 230 g/mol. The van der Waals surface area contributed by atoms with Crippen molar-refractivity contribution in [1.29, 1.82) is 0 Å². The second-order valence-electron chi connectivity index (χ2n) is 3.64. The fraction of sp³-hybridized carbons (Fsp3) is 0.0833. The minimum Gasteiger partial charge on any atom is -0.507 e. The Labute approximate surface area is 94.9 Å². The smallest absolute Gasteiger partial charge is 0.307 e. The van der Waals surface area contributed by atoms with Crippen LogP contribution in [0.2, 0.25) is 0 Å². The zero-order valence-electron chi connectivity index (χ0n) is 8.58. The quantitative estimate of drug-likeness (QED) is 0.844. The van der Waals surface area contributed by atoms with Gasteiger partial charge in [0.1, 0.15) is 5.75 Å². The number of carboxylic acid groups (broad SMARTS) is 1. The van der Waals surface area contributed by atoms with Crippen LogP contribution in [0, 0.1) is 11.6 Å². The van der Waals surface area contributed by atoms with Gasteiger partial charge in [0.05, 0.1) is 11.8 Å². The summed E-state index contributed by atoms with van der Waals surface area (Å²) in [6.07, 6.45) is -0.289. The van der Waals surface area contributed by atoms with Crippen molar-refractivity contribution in [3.63, 3.8) is 0 Å². The van der Waals surface area contributed by atoms with E-state index in [0.29, 0.717) is 5.56 Å². The van der Waals surface area contributed by atoms with Crippen LogP contribution in [0.4, 0.5) is 8.78 Å². The summed E-state index contributed by atoms with van der Waals surface area (Å²) >= 11 is 0. The van der Waals surface area contributed by atoms with Crippen molar-refractivity contribution in [3.05, 3.63) is 41.5 Å². The monoisotopic (exact) mass is 238 g/mol. The Morgan fingerprint density at radius 3 is 2.59 bits per heavy atom. The van der Waals surface area contributed by atoms with E-state index in [-0.39, 0.29) is 17.2 Å². The van der Waals surface area contributed by atoms with E-state index in [1.165, 1.54) is 12.1 Å². The third-order valence-electron chi connectivity index (χ3n) is 2.40. The normalized spacial score (nSPS) is 10.7. The van der Waals surface area contributed by atoms with Gasteiger partial charge in [0, 0.05) is 0 Å². The summed E-state index contributed by atoms with van der Waals surface area (Å²) in [7, 11) is 0. The Morgan fingerprint density at radius 1 is 1.24 bits per heavy atom. The fourth-order valence-electron chi connectivity index (χ4n) is 1.71. The van der Waals surface area contributed by atoms with Gasteiger partial charge in [0.25, 0.3) is 0 Å². The molecule has 0 unspecified atom stereocenters. The van der Waals surface area contributed by atoms with Gasteiger partial charge in [-0.15, -0.1) is 0 Å². The largest absolute Gasteiger partial charge is 0.507 e. The van der Waals surface area contributed by atoms with E-state index >= 15 is 0 Å². The molecule has 3 nitrogen and oxygen atoms in total. The molecule has 17 heavy (non-hydrogen) atoms. The molecule has 2 aromatic rings. The van der Waals surface area contributed by atoms with Gasteiger partial charge >= 0.3 is 5.97 Å². The number of phenols is 1. The van der Waals surface area contributed by atoms with Gasteiger partial charge < -0.3 is 10.2 Å². The second-order valence-corrected chi connectivity index (χ2v) is 3.64. The third-order valence-corrected chi connectivity index (χ3v) is 2.40. The Balaban J connectivity index is 2.68. The van der Waals surface area contributed by atoms with E-state index in [4.69, 9.17) is 5.11 Å². The van der Waals surface area contributed by atoms with E-state index in [2.05, 4.69) is 0 Å². The molecule has 2 rings (SSSR count). The van der Waals surface area contributed by atoms with E-state index < -0.39 is 23.4 Å². The van der Waals surface area contributed by atoms with Crippen LogP contribution >= 0.6 is 0 Å². The average Bonchev–Trinajstić information content (AvgIpc) is 2.22. The lowest BCUT2D eigenvalue weighted by atomic mass is 10.0. The van der Waals surface area contributed by atoms with E-state index in [1.807, 2.05) is 0 Å². The van der Waals surface area contributed by atoms with Gasteiger partial charge in [0.15, 0.2) is 11.6 Å². The Morgan fingerprint density at radius 2 is 1.94 bits per heavy atom. The lowest BCUT2D eigenvalue weighted by Crippen LogP contribution is -2.00. The number of hydrogen-bond acceptors (Lipinski definition) is 2. The zero-order chi connectivity index (χ0) is 12.6. The summed E-state index contributed by atoms with van der Waals surface area (Å²) in [6, 6.07) is 4.76. The van der Waals surface area contributed by atoms with Gasteiger partial charge in [-0.3, -0.25) is 4.79 Å². The van der Waals surface area contributed by atoms with Crippen LogP contribution < -0.4 is 0 Å². The van der Waals surface area contributed by atoms with Gasteiger partial charge in [-0.05, 0) is 23.1 Å². The van der Waals surface area contributed by atoms with Crippen molar-refractivity contribution in [1.82, 2.24) is 0 Å². The predicted octanol–water partition coefficient (Wildman–Crippen LogP) is 2.45. The van der Waals surface area contributed by atoms with E-state index in [1.54, 1.807) is 0 Å². The summed E-state index contributed by atoms with van der Waals surface area (Å²) in [6.45, 7) is 0. The number of aliphatic carboxylic acids is 1. The van der Waals surface area contributed by atoms with Crippen LogP contribution in [0.25, 0.3) is 10.8 Å². The second kappa shape index (κ2) is 4.01. The average molecular weight is 238 g/mol. The molecule has 0 aliphatic carbocycles. The first-order valence-electron chi connectivity index (χ1n) is 4.80. The third kappa shape index (κ3) is 2.04. The van der Waals surface area contributed by atoms with Crippen molar-refractivity contribution in [2.45, 2.75) is 6.42 Å². The van der Waals surface area contributed by atoms with Crippen LogP contribution in [0.15, 0.2) is 24.3 Å². The van der Waals surface area contributed by atoms with Crippen molar-refractivity contribution in [2.24, 2.45) is 0 Å². The first-order chi connectivity index (χ1) is 7.99. The Kier molecular flexibility index (Phi) is 2.67. The van der Waals surface area contributed by atoms with Crippen LogP contribution in [0.1, 0.15) is 5.56 Å². The molecular formula is C12H8F2O3. The summed E-state index contributed by atoms with van der Waals surface area (Å²) < 4.78 is 26.4. The number of hydrogen-bond donors (Lipinski definition) is 2. The molecule has 0 aromatic heterocycles. The van der Waals surface area contributed by atoms with Gasteiger partial charge in [-0.2, -0.15) is 0 Å². The number of fused-ring (bicyclic) bond motifs is 1.